The molecule has 4 atom stereocenters. The second-order valence-electron chi connectivity index (χ2n) is 13.8. The third kappa shape index (κ3) is 9.30. The minimum absolute atomic E-state index is 0.0692. The van der Waals surface area contributed by atoms with Crippen LogP contribution in [0.4, 0.5) is 9.59 Å². The van der Waals surface area contributed by atoms with E-state index in [1.165, 1.54) is 26.0 Å². The molecule has 1 saturated heterocycles. The largest absolute Gasteiger partial charge is 0.497 e. The molecule has 3 amide bonds. The van der Waals surface area contributed by atoms with Crippen molar-refractivity contribution in [1.29, 1.82) is 0 Å². The Kier molecular flexibility index (Phi) is 12.6. The second-order valence-corrected chi connectivity index (χ2v) is 15.0. The average molecular weight is 734 g/mol. The van der Waals surface area contributed by atoms with Crippen LogP contribution in [0.2, 0.25) is 0 Å². The van der Waals surface area contributed by atoms with Crippen LogP contribution >= 0.6 is 11.8 Å². The van der Waals surface area contributed by atoms with Gasteiger partial charge >= 0.3 is 18.2 Å². The summed E-state index contributed by atoms with van der Waals surface area (Å²) in [5.41, 5.74) is 4.36. The molecule has 0 saturated carbocycles. The Morgan fingerprint density at radius 3 is 2.17 bits per heavy atom. The lowest BCUT2D eigenvalue weighted by Crippen LogP contribution is -2.52. The van der Waals surface area contributed by atoms with E-state index in [0.717, 1.165) is 22.3 Å². The van der Waals surface area contributed by atoms with Gasteiger partial charge in [0.2, 0.25) is 5.91 Å². The van der Waals surface area contributed by atoms with Crippen molar-refractivity contribution in [1.82, 2.24) is 16.0 Å². The number of ether oxygens (including phenoxy) is 4. The Morgan fingerprint density at radius 2 is 1.56 bits per heavy atom. The molecule has 0 bridgehead atoms. The number of rotatable bonds is 14. The zero-order valence-electron chi connectivity index (χ0n) is 30.1. The molecule has 3 aromatic rings. The normalized spacial score (nSPS) is 18.4. The van der Waals surface area contributed by atoms with Crippen LogP contribution in [0, 0.1) is 5.92 Å². The number of aliphatic carboxylic acids is 1. The highest BCUT2D eigenvalue weighted by atomic mass is 32.2. The molecule has 2 aliphatic rings. The van der Waals surface area contributed by atoms with Gasteiger partial charge in [0.1, 0.15) is 29.7 Å². The fourth-order valence-electron chi connectivity index (χ4n) is 6.71. The molecule has 0 radical (unpaired) electrons. The Hall–Kier alpha value is -4.91. The molecule has 5 rings (SSSR count). The van der Waals surface area contributed by atoms with Crippen molar-refractivity contribution in [2.24, 2.45) is 5.92 Å². The average Bonchev–Trinajstić information content (AvgIpc) is 3.68. The number of alkyl carbamates (subject to hydrolysis) is 2. The lowest BCUT2D eigenvalue weighted by Gasteiger charge is -2.25. The molecule has 1 heterocycles. The van der Waals surface area contributed by atoms with Crippen molar-refractivity contribution >= 4 is 35.8 Å². The summed E-state index contributed by atoms with van der Waals surface area (Å²) in [6.45, 7) is 5.70. The van der Waals surface area contributed by atoms with Crippen LogP contribution in [-0.2, 0) is 19.1 Å². The van der Waals surface area contributed by atoms with Crippen LogP contribution in [0.3, 0.4) is 0 Å². The van der Waals surface area contributed by atoms with Gasteiger partial charge in [0, 0.05) is 35.1 Å². The first-order valence-electron chi connectivity index (χ1n) is 17.3. The lowest BCUT2D eigenvalue weighted by molar-refractivity contribution is -0.142. The van der Waals surface area contributed by atoms with Crippen LogP contribution < -0.4 is 25.4 Å². The number of carbonyl (C=O) groups is 4. The molecule has 278 valence electrons. The van der Waals surface area contributed by atoms with E-state index in [4.69, 9.17) is 18.9 Å². The van der Waals surface area contributed by atoms with Crippen LogP contribution in [0.5, 0.6) is 11.5 Å². The Labute approximate surface area is 308 Å². The summed E-state index contributed by atoms with van der Waals surface area (Å²) in [6, 6.07) is 19.5. The van der Waals surface area contributed by atoms with Gasteiger partial charge in [-0.05, 0) is 68.4 Å². The van der Waals surface area contributed by atoms with Crippen LogP contribution in [0.1, 0.15) is 67.9 Å². The molecule has 12 nitrogen and oxygen atoms in total. The van der Waals surface area contributed by atoms with Gasteiger partial charge in [0.05, 0.1) is 26.2 Å². The fraction of sp³-hybridized carbons (Fsp3) is 0.436. The van der Waals surface area contributed by atoms with Crippen molar-refractivity contribution < 1.29 is 43.2 Å². The second kappa shape index (κ2) is 17.1. The summed E-state index contributed by atoms with van der Waals surface area (Å²) in [7, 11) is 3.05. The lowest BCUT2D eigenvalue weighted by atomic mass is 9.92. The molecule has 0 spiro atoms. The highest BCUT2D eigenvalue weighted by Gasteiger charge is 2.45. The van der Waals surface area contributed by atoms with E-state index in [2.05, 4.69) is 16.0 Å². The third-order valence-corrected chi connectivity index (χ3v) is 10.6. The van der Waals surface area contributed by atoms with Crippen LogP contribution in [0.15, 0.2) is 66.7 Å². The molecular weight excluding hydrogens is 687 g/mol. The Bertz CT molecular complexity index is 1720. The predicted molar refractivity (Wildman–Crippen MR) is 198 cm³/mol. The molecule has 4 unspecified atom stereocenters. The van der Waals surface area contributed by atoms with Crippen LogP contribution in [0.25, 0.3) is 11.1 Å². The van der Waals surface area contributed by atoms with Crippen molar-refractivity contribution in [3.63, 3.8) is 0 Å². The summed E-state index contributed by atoms with van der Waals surface area (Å²) in [5, 5.41) is 18.2. The molecular formula is C39H47N3O9S. The van der Waals surface area contributed by atoms with Gasteiger partial charge in [0.25, 0.3) is 0 Å². The molecule has 1 aliphatic heterocycles. The van der Waals surface area contributed by atoms with Gasteiger partial charge in [-0.15, -0.1) is 0 Å². The Morgan fingerprint density at radius 1 is 0.885 bits per heavy atom. The molecule has 0 aromatic heterocycles. The predicted octanol–water partition coefficient (Wildman–Crippen LogP) is 6.28. The van der Waals surface area contributed by atoms with E-state index in [1.807, 2.05) is 48.5 Å². The molecule has 52 heavy (non-hydrogen) atoms. The summed E-state index contributed by atoms with van der Waals surface area (Å²) >= 11 is 1.41. The molecule has 4 N–H and O–H groups in total. The molecule has 3 aromatic carbocycles. The number of amides is 3. The van der Waals surface area contributed by atoms with Crippen molar-refractivity contribution in [3.05, 3.63) is 83.4 Å². The maximum Gasteiger partial charge on any atom is 0.407 e. The van der Waals surface area contributed by atoms with E-state index >= 15 is 0 Å². The number of nitrogens with one attached hydrogen (secondary N) is 3. The number of carboxylic acid groups (broad SMARTS) is 1. The van der Waals surface area contributed by atoms with Gasteiger partial charge in [-0.3, -0.25) is 9.59 Å². The number of unbranched alkanes of at least 4 members (excludes halogenated alkanes) is 1. The first-order valence-corrected chi connectivity index (χ1v) is 18.4. The first kappa shape index (κ1) is 38.3. The standard InChI is InChI=1S/C39H47N3O9S/c1-39(2,3)51-37(46)40-19-11-10-16-30(42-38(47)50-21-29-26-14-8-6-12-24(26)25-13-7-9-15-27(25)29)35(43)41-31-22-52-34(33(31)36(44)45)28-18-17-23(48-4)20-32(28)49-5/h6-9,12-15,17-18,20,29-31,33-34H,10-11,16,19,21-22H2,1-5H3,(H,40,46)(H,41,43)(H,42,47)(H,44,45). The number of carboxylic acids is 1. The molecule has 1 fully saturated rings. The zero-order chi connectivity index (χ0) is 37.4. The SMILES string of the molecule is COc1ccc(C2SCC(NC(=O)C(CCCCNC(=O)OC(C)(C)C)NC(=O)OCC3c4ccccc4-c4ccccc43)C2C(=O)O)c(OC)c1. The van der Waals surface area contributed by atoms with Gasteiger partial charge in [0.15, 0.2) is 0 Å². The first-order chi connectivity index (χ1) is 24.9. The zero-order valence-corrected chi connectivity index (χ0v) is 30.9. The van der Waals surface area contributed by atoms with Gasteiger partial charge < -0.3 is 40.0 Å². The van der Waals surface area contributed by atoms with Gasteiger partial charge in [-0.25, -0.2) is 9.59 Å². The smallest absolute Gasteiger partial charge is 0.407 e. The summed E-state index contributed by atoms with van der Waals surface area (Å²) in [6.07, 6.45) is -0.110. The minimum atomic E-state index is -1.06. The number of carbonyl (C=O) groups excluding carboxylic acids is 3. The maximum absolute atomic E-state index is 13.9. The quantitative estimate of drug-likeness (QED) is 0.139. The van der Waals surface area contributed by atoms with Gasteiger partial charge in [-0.1, -0.05) is 54.6 Å². The topological polar surface area (TPSA) is 162 Å². The summed E-state index contributed by atoms with van der Waals surface area (Å²) < 4.78 is 21.9. The van der Waals surface area contributed by atoms with E-state index in [1.54, 1.807) is 39.0 Å². The van der Waals surface area contributed by atoms with Crippen molar-refractivity contribution in [2.45, 2.75) is 68.9 Å². The Balaban J connectivity index is 1.26. The van der Waals surface area contributed by atoms with E-state index in [0.29, 0.717) is 42.2 Å². The van der Waals surface area contributed by atoms with Crippen molar-refractivity contribution in [3.8, 4) is 22.6 Å². The monoisotopic (exact) mass is 733 g/mol. The number of thioether (sulfide) groups is 1. The number of fused-ring (bicyclic) bond motifs is 3. The summed E-state index contributed by atoms with van der Waals surface area (Å²) in [4.78, 5) is 51.9. The number of benzene rings is 3. The van der Waals surface area contributed by atoms with E-state index in [9.17, 15) is 24.3 Å². The van der Waals surface area contributed by atoms with Crippen LogP contribution in [-0.4, -0.2) is 80.0 Å². The van der Waals surface area contributed by atoms with Gasteiger partial charge in [-0.2, -0.15) is 11.8 Å². The minimum Gasteiger partial charge on any atom is -0.497 e. The van der Waals surface area contributed by atoms with Crippen molar-refractivity contribution in [2.75, 3.05) is 33.1 Å². The number of hydrogen-bond donors (Lipinski definition) is 4. The summed E-state index contributed by atoms with van der Waals surface area (Å²) in [5.74, 6) is -1.32. The molecule has 1 aliphatic carbocycles. The highest BCUT2D eigenvalue weighted by molar-refractivity contribution is 7.99. The van der Waals surface area contributed by atoms with E-state index < -0.39 is 52.9 Å². The third-order valence-electron chi connectivity index (χ3n) is 9.12. The highest BCUT2D eigenvalue weighted by Crippen LogP contribution is 2.49. The maximum atomic E-state index is 13.9. The number of hydrogen-bond acceptors (Lipinski definition) is 9. The number of methoxy groups -OCH3 is 2. The van der Waals surface area contributed by atoms with E-state index in [-0.39, 0.29) is 18.9 Å². The fourth-order valence-corrected chi connectivity index (χ4v) is 8.30. The molecule has 13 heteroatoms.